The molecule has 1 saturated heterocycles. The van der Waals surface area contributed by atoms with Crippen LogP contribution in [0.2, 0.25) is 0 Å². The van der Waals surface area contributed by atoms with E-state index in [0.29, 0.717) is 6.61 Å². The summed E-state index contributed by atoms with van der Waals surface area (Å²) in [7, 11) is 0. The van der Waals surface area contributed by atoms with Gasteiger partial charge in [-0.2, -0.15) is 0 Å². The minimum Gasteiger partial charge on any atom is -0.491 e. The first-order valence-electron chi connectivity index (χ1n) is 9.40. The number of hydrogen-bond acceptors (Lipinski definition) is 3. The molecule has 2 aromatic carbocycles. The van der Waals surface area contributed by atoms with Crippen LogP contribution >= 0.6 is 0 Å². The lowest BCUT2D eigenvalue weighted by Gasteiger charge is -2.26. The van der Waals surface area contributed by atoms with Crippen LogP contribution in [-0.2, 0) is 4.79 Å². The highest BCUT2D eigenvalue weighted by Gasteiger charge is 2.24. The Balaban J connectivity index is 1.72. The molecule has 2 N–H and O–H groups in total. The summed E-state index contributed by atoms with van der Waals surface area (Å²) in [5.41, 5.74) is 3.30. The van der Waals surface area contributed by atoms with E-state index >= 15 is 0 Å². The van der Waals surface area contributed by atoms with Gasteiger partial charge in [0.05, 0.1) is 6.04 Å². The molecule has 0 saturated carbocycles. The van der Waals surface area contributed by atoms with Crippen LogP contribution in [0.3, 0.4) is 0 Å². The molecule has 4 nitrogen and oxygen atoms in total. The van der Waals surface area contributed by atoms with Crippen molar-refractivity contribution in [3.05, 3.63) is 65.2 Å². The third-order valence-electron chi connectivity index (χ3n) is 5.03. The SMILES string of the molecule is Cc1cccc(C)c1OCC(NC(=O)C1CCNCC1)c1ccccc1. The van der Waals surface area contributed by atoms with Crippen molar-refractivity contribution in [2.45, 2.75) is 32.7 Å². The molecule has 0 spiro atoms. The summed E-state index contributed by atoms with van der Waals surface area (Å²) in [5.74, 6) is 1.12. The molecule has 0 aliphatic carbocycles. The molecule has 0 aromatic heterocycles. The summed E-state index contributed by atoms with van der Waals surface area (Å²) < 4.78 is 6.15. The zero-order valence-electron chi connectivity index (χ0n) is 15.6. The van der Waals surface area contributed by atoms with Gasteiger partial charge < -0.3 is 15.4 Å². The Bertz CT molecular complexity index is 704. The van der Waals surface area contributed by atoms with Crippen molar-refractivity contribution in [3.63, 3.8) is 0 Å². The van der Waals surface area contributed by atoms with Gasteiger partial charge in [0.15, 0.2) is 0 Å². The number of carbonyl (C=O) groups is 1. The highest BCUT2D eigenvalue weighted by molar-refractivity contribution is 5.79. The number of nitrogens with one attached hydrogen (secondary N) is 2. The van der Waals surface area contributed by atoms with Gasteiger partial charge in [0.2, 0.25) is 5.91 Å². The second-order valence-electron chi connectivity index (χ2n) is 7.03. The summed E-state index contributed by atoms with van der Waals surface area (Å²) in [6.45, 7) is 6.34. The Kier molecular flexibility index (Phi) is 6.29. The molecule has 2 aromatic rings. The fourth-order valence-electron chi connectivity index (χ4n) is 3.47. The molecule has 138 valence electrons. The molecule has 1 heterocycles. The Morgan fingerprint density at radius 2 is 1.73 bits per heavy atom. The topological polar surface area (TPSA) is 50.4 Å². The number of carbonyl (C=O) groups excluding carboxylic acids is 1. The standard InChI is InChI=1S/C22H28N2O2/c1-16-7-6-8-17(2)21(16)26-15-20(18-9-4-3-5-10-18)24-22(25)19-11-13-23-14-12-19/h3-10,19-20,23H,11-15H2,1-2H3,(H,24,25). The lowest BCUT2D eigenvalue weighted by molar-refractivity contribution is -0.126. The monoisotopic (exact) mass is 352 g/mol. The Labute approximate surface area is 156 Å². The van der Waals surface area contributed by atoms with E-state index in [2.05, 4.69) is 10.6 Å². The van der Waals surface area contributed by atoms with Crippen LogP contribution in [0.4, 0.5) is 0 Å². The van der Waals surface area contributed by atoms with E-state index < -0.39 is 0 Å². The summed E-state index contributed by atoms with van der Waals surface area (Å²) in [5, 5.41) is 6.53. The molecule has 0 bridgehead atoms. The predicted molar refractivity (Wildman–Crippen MR) is 104 cm³/mol. The maximum atomic E-state index is 12.7. The average molecular weight is 352 g/mol. The van der Waals surface area contributed by atoms with E-state index in [1.807, 2.05) is 62.4 Å². The minimum absolute atomic E-state index is 0.0858. The zero-order chi connectivity index (χ0) is 18.4. The van der Waals surface area contributed by atoms with Crippen molar-refractivity contribution in [3.8, 4) is 5.75 Å². The fourth-order valence-corrected chi connectivity index (χ4v) is 3.47. The lowest BCUT2D eigenvalue weighted by Crippen LogP contribution is -2.41. The summed E-state index contributed by atoms with van der Waals surface area (Å²) in [6, 6.07) is 16.0. The van der Waals surface area contributed by atoms with Gasteiger partial charge >= 0.3 is 0 Å². The first-order valence-corrected chi connectivity index (χ1v) is 9.40. The normalized spacial score (nSPS) is 16.1. The zero-order valence-corrected chi connectivity index (χ0v) is 15.6. The summed E-state index contributed by atoms with van der Waals surface area (Å²) in [4.78, 5) is 12.7. The maximum Gasteiger partial charge on any atom is 0.223 e. The molecule has 26 heavy (non-hydrogen) atoms. The third kappa shape index (κ3) is 4.64. The molecule has 1 amide bonds. The molecule has 3 rings (SSSR count). The second kappa shape index (κ2) is 8.86. The van der Waals surface area contributed by atoms with Crippen LogP contribution in [0.5, 0.6) is 5.75 Å². The molecular weight excluding hydrogens is 324 g/mol. The van der Waals surface area contributed by atoms with Crippen molar-refractivity contribution >= 4 is 5.91 Å². The highest BCUT2D eigenvalue weighted by atomic mass is 16.5. The number of ether oxygens (including phenoxy) is 1. The molecule has 1 fully saturated rings. The summed E-state index contributed by atoms with van der Waals surface area (Å²) in [6.07, 6.45) is 1.79. The molecule has 1 aliphatic heterocycles. The van der Waals surface area contributed by atoms with Crippen molar-refractivity contribution in [1.29, 1.82) is 0 Å². The van der Waals surface area contributed by atoms with Crippen LogP contribution in [0.1, 0.15) is 35.6 Å². The van der Waals surface area contributed by atoms with Gasteiger partial charge in [-0.05, 0) is 56.5 Å². The van der Waals surface area contributed by atoms with Crippen molar-refractivity contribution in [2.24, 2.45) is 5.92 Å². The van der Waals surface area contributed by atoms with Gasteiger partial charge in [0.25, 0.3) is 0 Å². The predicted octanol–water partition coefficient (Wildman–Crippen LogP) is 3.54. The minimum atomic E-state index is -0.155. The maximum absolute atomic E-state index is 12.7. The van der Waals surface area contributed by atoms with E-state index in [-0.39, 0.29) is 17.9 Å². The number of amides is 1. The van der Waals surface area contributed by atoms with Crippen LogP contribution in [0.15, 0.2) is 48.5 Å². The van der Waals surface area contributed by atoms with Gasteiger partial charge in [-0.15, -0.1) is 0 Å². The van der Waals surface area contributed by atoms with E-state index in [1.54, 1.807) is 0 Å². The van der Waals surface area contributed by atoms with Gasteiger partial charge in [0.1, 0.15) is 12.4 Å². The van der Waals surface area contributed by atoms with E-state index in [4.69, 9.17) is 4.74 Å². The number of para-hydroxylation sites is 1. The van der Waals surface area contributed by atoms with Crippen molar-refractivity contribution in [1.82, 2.24) is 10.6 Å². The molecule has 1 aliphatic rings. The van der Waals surface area contributed by atoms with E-state index in [0.717, 1.165) is 48.4 Å². The Hall–Kier alpha value is -2.33. The van der Waals surface area contributed by atoms with Gasteiger partial charge in [-0.1, -0.05) is 48.5 Å². The third-order valence-corrected chi connectivity index (χ3v) is 5.03. The molecule has 0 radical (unpaired) electrons. The molecule has 1 atom stereocenters. The number of rotatable bonds is 6. The van der Waals surface area contributed by atoms with Gasteiger partial charge in [0, 0.05) is 5.92 Å². The number of aryl methyl sites for hydroxylation is 2. The van der Waals surface area contributed by atoms with E-state index in [9.17, 15) is 4.79 Å². The Morgan fingerprint density at radius 1 is 1.08 bits per heavy atom. The first kappa shape index (κ1) is 18.5. The fraction of sp³-hybridized carbons (Fsp3) is 0.409. The highest BCUT2D eigenvalue weighted by Crippen LogP contribution is 2.24. The quantitative estimate of drug-likeness (QED) is 0.836. The molecular formula is C22H28N2O2. The Morgan fingerprint density at radius 3 is 2.38 bits per heavy atom. The smallest absolute Gasteiger partial charge is 0.223 e. The number of hydrogen-bond donors (Lipinski definition) is 2. The number of piperidine rings is 1. The summed E-state index contributed by atoms with van der Waals surface area (Å²) >= 11 is 0. The largest absolute Gasteiger partial charge is 0.491 e. The van der Waals surface area contributed by atoms with E-state index in [1.165, 1.54) is 0 Å². The van der Waals surface area contributed by atoms with Crippen molar-refractivity contribution < 1.29 is 9.53 Å². The van der Waals surface area contributed by atoms with Crippen molar-refractivity contribution in [2.75, 3.05) is 19.7 Å². The molecule has 1 unspecified atom stereocenters. The lowest BCUT2D eigenvalue weighted by atomic mass is 9.96. The van der Waals surface area contributed by atoms with Crippen LogP contribution in [0.25, 0.3) is 0 Å². The first-order chi connectivity index (χ1) is 12.6. The average Bonchev–Trinajstić information content (AvgIpc) is 2.68. The van der Waals surface area contributed by atoms with Gasteiger partial charge in [-0.3, -0.25) is 4.79 Å². The second-order valence-corrected chi connectivity index (χ2v) is 7.03. The van der Waals surface area contributed by atoms with Crippen LogP contribution in [0, 0.1) is 19.8 Å². The number of benzene rings is 2. The van der Waals surface area contributed by atoms with Crippen LogP contribution in [-0.4, -0.2) is 25.6 Å². The molecule has 4 heteroatoms. The van der Waals surface area contributed by atoms with Gasteiger partial charge in [-0.25, -0.2) is 0 Å². The van der Waals surface area contributed by atoms with Crippen LogP contribution < -0.4 is 15.4 Å².